The van der Waals surface area contributed by atoms with Gasteiger partial charge in [-0.15, -0.1) is 0 Å². The zero-order valence-corrected chi connectivity index (χ0v) is 12.1. The van der Waals surface area contributed by atoms with E-state index in [9.17, 15) is 13.2 Å². The van der Waals surface area contributed by atoms with E-state index in [1.54, 1.807) is 13.0 Å². The molecule has 1 N–H and O–H groups in total. The van der Waals surface area contributed by atoms with Crippen molar-refractivity contribution in [3.63, 3.8) is 0 Å². The van der Waals surface area contributed by atoms with Gasteiger partial charge in [-0.25, -0.2) is 0 Å². The standard InChI is InChI=1S/C17H18F3N/c1-3-21-11-13-5-4-6-14(10-13)16-8-7-15(9-12(16)2)17(18,19)20/h4-10,21H,3,11H2,1-2H3. The molecule has 0 aromatic heterocycles. The van der Waals surface area contributed by atoms with Crippen LogP contribution < -0.4 is 5.32 Å². The smallest absolute Gasteiger partial charge is 0.313 e. The predicted octanol–water partition coefficient (Wildman–Crippen LogP) is 4.79. The molecular weight excluding hydrogens is 275 g/mol. The Morgan fingerprint density at radius 1 is 1.05 bits per heavy atom. The molecule has 2 rings (SSSR count). The van der Waals surface area contributed by atoms with Crippen LogP contribution in [0.3, 0.4) is 0 Å². The molecule has 0 atom stereocenters. The van der Waals surface area contributed by atoms with Gasteiger partial charge in [0.15, 0.2) is 0 Å². The van der Waals surface area contributed by atoms with Gasteiger partial charge in [0.05, 0.1) is 5.56 Å². The number of aryl methyl sites for hydroxylation is 1. The van der Waals surface area contributed by atoms with Crippen LogP contribution in [0.4, 0.5) is 13.2 Å². The van der Waals surface area contributed by atoms with Crippen molar-refractivity contribution in [3.05, 3.63) is 59.2 Å². The number of alkyl halides is 3. The fraction of sp³-hybridized carbons (Fsp3) is 0.294. The Hall–Kier alpha value is -1.81. The van der Waals surface area contributed by atoms with Crippen LogP contribution in [0.15, 0.2) is 42.5 Å². The molecule has 4 heteroatoms. The summed E-state index contributed by atoms with van der Waals surface area (Å²) in [6, 6.07) is 11.8. The fourth-order valence-electron chi connectivity index (χ4n) is 2.28. The summed E-state index contributed by atoms with van der Waals surface area (Å²) >= 11 is 0. The highest BCUT2D eigenvalue weighted by Gasteiger charge is 2.30. The third-order valence-electron chi connectivity index (χ3n) is 3.37. The molecule has 0 aliphatic rings. The topological polar surface area (TPSA) is 12.0 Å². The number of benzene rings is 2. The molecule has 2 aromatic carbocycles. The average molecular weight is 293 g/mol. The molecule has 21 heavy (non-hydrogen) atoms. The quantitative estimate of drug-likeness (QED) is 0.854. The summed E-state index contributed by atoms with van der Waals surface area (Å²) in [6.45, 7) is 5.37. The van der Waals surface area contributed by atoms with Crippen molar-refractivity contribution in [2.75, 3.05) is 6.54 Å². The zero-order chi connectivity index (χ0) is 15.5. The number of hydrogen-bond acceptors (Lipinski definition) is 1. The highest BCUT2D eigenvalue weighted by molar-refractivity contribution is 5.68. The van der Waals surface area contributed by atoms with Gasteiger partial charge >= 0.3 is 6.18 Å². The summed E-state index contributed by atoms with van der Waals surface area (Å²) in [7, 11) is 0. The molecule has 0 unspecified atom stereocenters. The molecule has 112 valence electrons. The summed E-state index contributed by atoms with van der Waals surface area (Å²) in [4.78, 5) is 0. The van der Waals surface area contributed by atoms with E-state index in [0.717, 1.165) is 35.8 Å². The molecule has 2 aromatic rings. The van der Waals surface area contributed by atoms with E-state index < -0.39 is 11.7 Å². The van der Waals surface area contributed by atoms with E-state index in [4.69, 9.17) is 0 Å². The first-order valence-corrected chi connectivity index (χ1v) is 6.89. The van der Waals surface area contributed by atoms with Gasteiger partial charge in [0.25, 0.3) is 0 Å². The fourth-order valence-corrected chi connectivity index (χ4v) is 2.28. The lowest BCUT2D eigenvalue weighted by molar-refractivity contribution is -0.137. The first-order valence-electron chi connectivity index (χ1n) is 6.89. The van der Waals surface area contributed by atoms with Crippen LogP contribution in [0.2, 0.25) is 0 Å². The van der Waals surface area contributed by atoms with Crippen LogP contribution in [0, 0.1) is 6.92 Å². The van der Waals surface area contributed by atoms with Crippen LogP contribution in [-0.2, 0) is 12.7 Å². The molecular formula is C17H18F3N. The third-order valence-corrected chi connectivity index (χ3v) is 3.37. The largest absolute Gasteiger partial charge is 0.416 e. The van der Waals surface area contributed by atoms with E-state index >= 15 is 0 Å². The first-order chi connectivity index (χ1) is 9.91. The number of nitrogens with one attached hydrogen (secondary N) is 1. The van der Waals surface area contributed by atoms with E-state index in [2.05, 4.69) is 5.32 Å². The van der Waals surface area contributed by atoms with Crippen molar-refractivity contribution < 1.29 is 13.2 Å². The Labute approximate surface area is 122 Å². The highest BCUT2D eigenvalue weighted by atomic mass is 19.4. The van der Waals surface area contributed by atoms with E-state index in [1.807, 2.05) is 31.2 Å². The summed E-state index contributed by atoms with van der Waals surface area (Å²) < 4.78 is 38.1. The average Bonchev–Trinajstić information content (AvgIpc) is 2.44. The molecule has 0 spiro atoms. The molecule has 0 bridgehead atoms. The van der Waals surface area contributed by atoms with Crippen molar-refractivity contribution in [2.45, 2.75) is 26.6 Å². The first kappa shape index (κ1) is 15.6. The maximum Gasteiger partial charge on any atom is 0.416 e. The lowest BCUT2D eigenvalue weighted by Gasteiger charge is -2.12. The zero-order valence-electron chi connectivity index (χ0n) is 12.1. The normalized spacial score (nSPS) is 11.7. The van der Waals surface area contributed by atoms with Crippen LogP contribution in [0.25, 0.3) is 11.1 Å². The molecule has 1 nitrogen and oxygen atoms in total. The van der Waals surface area contributed by atoms with Gasteiger partial charge in [-0.05, 0) is 53.9 Å². The van der Waals surface area contributed by atoms with Crippen molar-refractivity contribution >= 4 is 0 Å². The second-order valence-corrected chi connectivity index (χ2v) is 5.01. The molecule has 0 aliphatic heterocycles. The van der Waals surface area contributed by atoms with Crippen molar-refractivity contribution in [1.82, 2.24) is 5.32 Å². The molecule has 0 saturated heterocycles. The van der Waals surface area contributed by atoms with E-state index in [-0.39, 0.29) is 0 Å². The summed E-state index contributed by atoms with van der Waals surface area (Å²) in [5.74, 6) is 0. The SMILES string of the molecule is CCNCc1cccc(-c2ccc(C(F)(F)F)cc2C)c1. The van der Waals surface area contributed by atoms with Crippen LogP contribution in [0.1, 0.15) is 23.6 Å². The predicted molar refractivity (Wildman–Crippen MR) is 79.0 cm³/mol. The molecule has 0 aliphatic carbocycles. The van der Waals surface area contributed by atoms with Crippen molar-refractivity contribution in [2.24, 2.45) is 0 Å². The molecule has 0 amide bonds. The van der Waals surface area contributed by atoms with Gasteiger partial charge in [-0.2, -0.15) is 13.2 Å². The second kappa shape index (κ2) is 6.31. The van der Waals surface area contributed by atoms with Gasteiger partial charge in [0.2, 0.25) is 0 Å². The van der Waals surface area contributed by atoms with Crippen molar-refractivity contribution in [3.8, 4) is 11.1 Å². The Balaban J connectivity index is 2.34. The Bertz CT molecular complexity index is 618. The minimum absolute atomic E-state index is 0.604. The lowest BCUT2D eigenvalue weighted by atomic mass is 9.97. The molecule has 0 heterocycles. The van der Waals surface area contributed by atoms with Crippen LogP contribution in [-0.4, -0.2) is 6.54 Å². The lowest BCUT2D eigenvalue weighted by Crippen LogP contribution is -2.11. The number of hydrogen-bond donors (Lipinski definition) is 1. The second-order valence-electron chi connectivity index (χ2n) is 5.01. The van der Waals surface area contributed by atoms with Gasteiger partial charge in [-0.3, -0.25) is 0 Å². The minimum Gasteiger partial charge on any atom is -0.313 e. The number of halogens is 3. The van der Waals surface area contributed by atoms with Gasteiger partial charge < -0.3 is 5.32 Å². The highest BCUT2D eigenvalue weighted by Crippen LogP contribution is 2.33. The van der Waals surface area contributed by atoms with E-state index in [1.165, 1.54) is 6.07 Å². The summed E-state index contributed by atoms with van der Waals surface area (Å²) in [5.41, 5.74) is 2.92. The van der Waals surface area contributed by atoms with Crippen molar-refractivity contribution in [1.29, 1.82) is 0 Å². The Kier molecular flexibility index (Phi) is 4.68. The Morgan fingerprint density at radius 2 is 1.81 bits per heavy atom. The molecule has 0 fully saturated rings. The van der Waals surface area contributed by atoms with Gasteiger partial charge in [0.1, 0.15) is 0 Å². The maximum absolute atomic E-state index is 12.7. The molecule has 0 saturated carbocycles. The van der Waals surface area contributed by atoms with Crippen LogP contribution in [0.5, 0.6) is 0 Å². The monoisotopic (exact) mass is 293 g/mol. The molecule has 0 radical (unpaired) electrons. The third kappa shape index (κ3) is 3.85. The van der Waals surface area contributed by atoms with Gasteiger partial charge in [-0.1, -0.05) is 31.2 Å². The van der Waals surface area contributed by atoms with Gasteiger partial charge in [0, 0.05) is 6.54 Å². The van der Waals surface area contributed by atoms with Crippen LogP contribution >= 0.6 is 0 Å². The Morgan fingerprint density at radius 3 is 2.43 bits per heavy atom. The number of rotatable bonds is 4. The summed E-state index contributed by atoms with van der Waals surface area (Å²) in [5, 5.41) is 3.24. The van der Waals surface area contributed by atoms with E-state index in [0.29, 0.717) is 5.56 Å². The maximum atomic E-state index is 12.7. The summed E-state index contributed by atoms with van der Waals surface area (Å²) in [6.07, 6.45) is -4.30. The minimum atomic E-state index is -4.30.